The van der Waals surface area contributed by atoms with E-state index in [9.17, 15) is 13.2 Å². The normalized spacial score (nSPS) is 13.2. The Hall–Kier alpha value is -2.44. The molecule has 0 aliphatic carbocycles. The van der Waals surface area contributed by atoms with Gasteiger partial charge in [-0.3, -0.25) is 15.0 Å². The van der Waals surface area contributed by atoms with Crippen LogP contribution in [0.1, 0.15) is 11.3 Å². The van der Waals surface area contributed by atoms with Crippen molar-refractivity contribution in [2.45, 2.75) is 13.1 Å². The molecule has 0 aliphatic heterocycles. The molecule has 2 aromatic heterocycles. The van der Waals surface area contributed by atoms with Crippen LogP contribution in [0.25, 0.3) is 16.6 Å². The van der Waals surface area contributed by atoms with Crippen LogP contribution in [0.4, 0.5) is 13.2 Å². The van der Waals surface area contributed by atoms with Gasteiger partial charge in [0.15, 0.2) is 0 Å². The van der Waals surface area contributed by atoms with E-state index in [1.54, 1.807) is 6.07 Å². The van der Waals surface area contributed by atoms with Crippen LogP contribution in [-0.4, -0.2) is 28.9 Å². The van der Waals surface area contributed by atoms with Gasteiger partial charge in [-0.2, -0.15) is 13.2 Å². The summed E-state index contributed by atoms with van der Waals surface area (Å²) in [6.07, 6.45) is -0.529. The van der Waals surface area contributed by atoms with E-state index in [1.807, 2.05) is 19.1 Å². The molecule has 0 saturated carbocycles. The molecule has 0 aliphatic rings. The Morgan fingerprint density at radius 2 is 2.10 bits per heavy atom. The molecule has 110 valence electrons. The van der Waals surface area contributed by atoms with Crippen LogP contribution in [0.15, 0.2) is 35.6 Å². The quantitative estimate of drug-likeness (QED) is 0.885. The summed E-state index contributed by atoms with van der Waals surface area (Å²) in [5.74, 6) is 0. The average Bonchev–Trinajstić information content (AvgIpc) is 2.41. The van der Waals surface area contributed by atoms with Gasteiger partial charge in [0.2, 0.25) is 0 Å². The van der Waals surface area contributed by atoms with E-state index in [0.717, 1.165) is 11.9 Å². The zero-order valence-corrected chi connectivity index (χ0v) is 11.2. The van der Waals surface area contributed by atoms with Crippen molar-refractivity contribution < 1.29 is 13.2 Å². The van der Waals surface area contributed by atoms with E-state index in [1.165, 1.54) is 12.4 Å². The Balaban J connectivity index is 2.30. The van der Waals surface area contributed by atoms with E-state index in [-0.39, 0.29) is 0 Å². The van der Waals surface area contributed by atoms with E-state index < -0.39 is 12.7 Å². The third kappa shape index (κ3) is 4.01. The molecular weight excluding hydrogens is 281 g/mol. The number of allylic oxidation sites excluding steroid dienone is 1. The molecule has 4 nitrogen and oxygen atoms in total. The number of aliphatic imine (C=N–C) groups is 1. The van der Waals surface area contributed by atoms with Gasteiger partial charge in [-0.15, -0.1) is 0 Å². The topological polar surface area (TPSA) is 64.2 Å². The largest absolute Gasteiger partial charge is 0.407 e. The van der Waals surface area contributed by atoms with Crippen LogP contribution in [0, 0.1) is 6.92 Å². The van der Waals surface area contributed by atoms with Crippen LogP contribution in [-0.2, 0) is 0 Å². The number of halogens is 3. The Morgan fingerprint density at radius 3 is 2.76 bits per heavy atom. The minimum Gasteiger partial charge on any atom is -0.404 e. The van der Waals surface area contributed by atoms with Crippen molar-refractivity contribution in [3.63, 3.8) is 0 Å². The van der Waals surface area contributed by atoms with E-state index in [0.29, 0.717) is 22.2 Å². The molecule has 0 aromatic carbocycles. The van der Waals surface area contributed by atoms with Crippen LogP contribution in [0.3, 0.4) is 0 Å². The first-order valence-electron chi connectivity index (χ1n) is 6.11. The summed E-state index contributed by atoms with van der Waals surface area (Å²) in [5.41, 5.74) is 8.54. The fourth-order valence-corrected chi connectivity index (χ4v) is 1.73. The van der Waals surface area contributed by atoms with Crippen molar-refractivity contribution in [2.24, 2.45) is 10.7 Å². The van der Waals surface area contributed by atoms with Gasteiger partial charge in [0.1, 0.15) is 6.54 Å². The lowest BCUT2D eigenvalue weighted by molar-refractivity contribution is -0.118. The minimum atomic E-state index is -4.34. The second kappa shape index (κ2) is 5.90. The van der Waals surface area contributed by atoms with Crippen molar-refractivity contribution in [3.8, 4) is 0 Å². The SMILES string of the molecule is Cc1ccc2ncc(C(C=NCC(F)(F)F)=CN)cc2n1. The summed E-state index contributed by atoms with van der Waals surface area (Å²) < 4.78 is 36.2. The van der Waals surface area contributed by atoms with Crippen LogP contribution in [0.2, 0.25) is 0 Å². The van der Waals surface area contributed by atoms with Crippen molar-refractivity contribution >= 4 is 22.8 Å². The molecule has 0 unspecified atom stereocenters. The maximum Gasteiger partial charge on any atom is 0.407 e. The van der Waals surface area contributed by atoms with Gasteiger partial charge >= 0.3 is 6.18 Å². The number of aryl methyl sites for hydroxylation is 1. The van der Waals surface area contributed by atoms with Crippen LogP contribution >= 0.6 is 0 Å². The maximum absolute atomic E-state index is 12.1. The monoisotopic (exact) mass is 294 g/mol. The van der Waals surface area contributed by atoms with Gasteiger partial charge in [-0.05, 0) is 25.1 Å². The van der Waals surface area contributed by atoms with E-state index >= 15 is 0 Å². The molecular formula is C14H13F3N4. The Labute approximate surface area is 119 Å². The molecule has 0 fully saturated rings. The van der Waals surface area contributed by atoms with Gasteiger partial charge in [0.25, 0.3) is 0 Å². The lowest BCUT2D eigenvalue weighted by atomic mass is 10.1. The molecule has 0 spiro atoms. The Morgan fingerprint density at radius 1 is 1.33 bits per heavy atom. The maximum atomic E-state index is 12.1. The first-order valence-corrected chi connectivity index (χ1v) is 6.11. The number of pyridine rings is 2. The van der Waals surface area contributed by atoms with Gasteiger partial charge in [0, 0.05) is 35.4 Å². The molecule has 2 heterocycles. The van der Waals surface area contributed by atoms with E-state index in [2.05, 4.69) is 15.0 Å². The smallest absolute Gasteiger partial charge is 0.404 e. The fourth-order valence-electron chi connectivity index (χ4n) is 1.73. The first kappa shape index (κ1) is 15.0. The van der Waals surface area contributed by atoms with Crippen molar-refractivity contribution in [1.29, 1.82) is 0 Å². The third-order valence-corrected chi connectivity index (χ3v) is 2.69. The average molecular weight is 294 g/mol. The predicted molar refractivity (Wildman–Crippen MR) is 75.9 cm³/mol. The molecule has 0 atom stereocenters. The van der Waals surface area contributed by atoms with Crippen molar-refractivity contribution in [2.75, 3.05) is 6.54 Å². The van der Waals surface area contributed by atoms with Crippen molar-refractivity contribution in [1.82, 2.24) is 9.97 Å². The highest BCUT2D eigenvalue weighted by Crippen LogP contribution is 2.18. The number of alkyl halides is 3. The number of aromatic nitrogens is 2. The fraction of sp³-hybridized carbons (Fsp3) is 0.214. The summed E-state index contributed by atoms with van der Waals surface area (Å²) in [5, 5.41) is 0. The summed E-state index contributed by atoms with van der Waals surface area (Å²) in [7, 11) is 0. The second-order valence-corrected chi connectivity index (χ2v) is 4.42. The highest BCUT2D eigenvalue weighted by atomic mass is 19.4. The van der Waals surface area contributed by atoms with Crippen LogP contribution in [0.5, 0.6) is 0 Å². The Kier molecular flexibility index (Phi) is 4.21. The van der Waals surface area contributed by atoms with Gasteiger partial charge < -0.3 is 5.73 Å². The molecule has 0 amide bonds. The zero-order valence-electron chi connectivity index (χ0n) is 11.2. The lowest BCUT2D eigenvalue weighted by Gasteiger charge is -2.05. The number of rotatable bonds is 3. The highest BCUT2D eigenvalue weighted by Gasteiger charge is 2.25. The minimum absolute atomic E-state index is 0.358. The molecule has 0 bridgehead atoms. The summed E-state index contributed by atoms with van der Waals surface area (Å²) >= 11 is 0. The highest BCUT2D eigenvalue weighted by molar-refractivity contribution is 6.10. The second-order valence-electron chi connectivity index (χ2n) is 4.42. The molecule has 2 N–H and O–H groups in total. The molecule has 2 aromatic rings. The third-order valence-electron chi connectivity index (χ3n) is 2.69. The molecule has 2 rings (SSSR count). The van der Waals surface area contributed by atoms with Crippen molar-refractivity contribution in [3.05, 3.63) is 41.9 Å². The van der Waals surface area contributed by atoms with Gasteiger partial charge in [0.05, 0.1) is 11.0 Å². The standard InChI is InChI=1S/C14H13F3N4/c1-9-2-3-12-13(21-9)4-10(7-20-12)11(5-18)6-19-8-14(15,16)17/h2-7H,8,18H2,1H3. The summed E-state index contributed by atoms with van der Waals surface area (Å²) in [4.78, 5) is 11.9. The zero-order chi connectivity index (χ0) is 15.5. The van der Waals surface area contributed by atoms with Gasteiger partial charge in [-0.25, -0.2) is 0 Å². The van der Waals surface area contributed by atoms with E-state index in [4.69, 9.17) is 5.73 Å². The molecule has 0 saturated heterocycles. The lowest BCUT2D eigenvalue weighted by Crippen LogP contribution is -2.12. The molecule has 7 heteroatoms. The molecule has 0 radical (unpaired) electrons. The number of hydrogen-bond acceptors (Lipinski definition) is 4. The van der Waals surface area contributed by atoms with Crippen LogP contribution < -0.4 is 5.73 Å². The number of fused-ring (bicyclic) bond motifs is 1. The summed E-state index contributed by atoms with van der Waals surface area (Å²) in [6.45, 7) is 0.597. The predicted octanol–water partition coefficient (Wildman–Crippen LogP) is 2.87. The summed E-state index contributed by atoms with van der Waals surface area (Å²) in [6, 6.07) is 5.37. The molecule has 21 heavy (non-hydrogen) atoms. The first-order chi connectivity index (χ1) is 9.89. The number of nitrogens with zero attached hydrogens (tertiary/aromatic N) is 3. The van der Waals surface area contributed by atoms with Gasteiger partial charge in [-0.1, -0.05) is 0 Å². The Bertz CT molecular complexity index is 705. The number of hydrogen-bond donors (Lipinski definition) is 1. The number of nitrogens with two attached hydrogens (primary N) is 1.